The lowest BCUT2D eigenvalue weighted by Gasteiger charge is -2.34. The maximum atomic E-state index is 13.3. The minimum Gasteiger partial charge on any atom is -0.335 e. The molecule has 0 N–H and O–H groups in total. The van der Waals surface area contributed by atoms with E-state index in [1.807, 2.05) is 6.92 Å². The molecular formula is C24H25FN4O3S. The van der Waals surface area contributed by atoms with Crippen LogP contribution in [0.25, 0.3) is 10.2 Å². The summed E-state index contributed by atoms with van der Waals surface area (Å²) < 4.78 is 14.9. The molecule has 7 nitrogen and oxygen atoms in total. The Morgan fingerprint density at radius 1 is 0.939 bits per heavy atom. The first-order valence-electron chi connectivity index (χ1n) is 11.3. The molecule has 0 bridgehead atoms. The number of fused-ring (bicyclic) bond motifs is 2. The van der Waals surface area contributed by atoms with Gasteiger partial charge in [-0.05, 0) is 49.6 Å². The Kier molecular flexibility index (Phi) is 5.74. The van der Waals surface area contributed by atoms with Crippen LogP contribution in [0, 0.1) is 12.7 Å². The van der Waals surface area contributed by atoms with Crippen LogP contribution in [0.15, 0.2) is 29.1 Å². The van der Waals surface area contributed by atoms with Crippen LogP contribution in [-0.4, -0.2) is 57.3 Å². The fraction of sp³-hybridized carbons (Fsp3) is 0.417. The first-order chi connectivity index (χ1) is 15.9. The number of amides is 2. The van der Waals surface area contributed by atoms with Gasteiger partial charge >= 0.3 is 0 Å². The standard InChI is InChI=1S/C24H25FN4O3S/c1-15-19-21(26-18-5-3-2-4-10-29(18)23(19)31)33-20(15)24(32)28-13-11-27(12-14-28)22(30)16-6-8-17(25)9-7-16/h6-9H,2-5,10-14H2,1H3. The van der Waals surface area contributed by atoms with Gasteiger partial charge in [0.15, 0.2) is 0 Å². The summed E-state index contributed by atoms with van der Waals surface area (Å²) in [5.41, 5.74) is 1.09. The first-order valence-corrected chi connectivity index (χ1v) is 12.1. The van der Waals surface area contributed by atoms with Gasteiger partial charge < -0.3 is 9.80 Å². The molecule has 0 saturated carbocycles. The third-order valence-electron chi connectivity index (χ3n) is 6.55. The predicted molar refractivity (Wildman–Crippen MR) is 124 cm³/mol. The molecule has 9 heteroatoms. The molecule has 0 radical (unpaired) electrons. The number of aryl methyl sites for hydroxylation is 2. The number of hydrogen-bond donors (Lipinski definition) is 0. The summed E-state index contributed by atoms with van der Waals surface area (Å²) in [6, 6.07) is 5.49. The highest BCUT2D eigenvalue weighted by Crippen LogP contribution is 2.29. The molecule has 2 aliphatic rings. The normalized spacial score (nSPS) is 16.5. The van der Waals surface area contributed by atoms with Gasteiger partial charge in [-0.15, -0.1) is 11.3 Å². The van der Waals surface area contributed by atoms with Crippen molar-refractivity contribution in [3.05, 3.63) is 62.3 Å². The quantitative estimate of drug-likeness (QED) is 0.579. The summed E-state index contributed by atoms with van der Waals surface area (Å²) >= 11 is 1.29. The lowest BCUT2D eigenvalue weighted by Crippen LogP contribution is -2.50. The smallest absolute Gasteiger partial charge is 0.264 e. The molecule has 4 heterocycles. The number of benzene rings is 1. The van der Waals surface area contributed by atoms with E-state index >= 15 is 0 Å². The van der Waals surface area contributed by atoms with Crippen LogP contribution in [0.2, 0.25) is 0 Å². The van der Waals surface area contributed by atoms with E-state index < -0.39 is 0 Å². The molecule has 1 aromatic carbocycles. The monoisotopic (exact) mass is 468 g/mol. The largest absolute Gasteiger partial charge is 0.335 e. The van der Waals surface area contributed by atoms with E-state index in [2.05, 4.69) is 0 Å². The highest BCUT2D eigenvalue weighted by molar-refractivity contribution is 7.20. The summed E-state index contributed by atoms with van der Waals surface area (Å²) in [6.07, 6.45) is 3.87. The van der Waals surface area contributed by atoms with Crippen molar-refractivity contribution in [1.29, 1.82) is 0 Å². The van der Waals surface area contributed by atoms with Crippen molar-refractivity contribution in [1.82, 2.24) is 19.4 Å². The number of piperazine rings is 1. The topological polar surface area (TPSA) is 75.5 Å². The summed E-state index contributed by atoms with van der Waals surface area (Å²) in [5, 5.41) is 0.555. The van der Waals surface area contributed by atoms with Crippen molar-refractivity contribution in [3.63, 3.8) is 0 Å². The van der Waals surface area contributed by atoms with Crippen molar-refractivity contribution in [2.75, 3.05) is 26.2 Å². The minimum absolute atomic E-state index is 0.0422. The fourth-order valence-electron chi connectivity index (χ4n) is 4.65. The summed E-state index contributed by atoms with van der Waals surface area (Å²) in [4.78, 5) is 48.5. The van der Waals surface area contributed by atoms with E-state index in [0.717, 1.165) is 31.5 Å². The average Bonchev–Trinajstić information content (AvgIpc) is 2.99. The van der Waals surface area contributed by atoms with Crippen LogP contribution in [0.3, 0.4) is 0 Å². The van der Waals surface area contributed by atoms with E-state index in [0.29, 0.717) is 58.9 Å². The Bertz CT molecular complexity index is 1290. The zero-order chi connectivity index (χ0) is 23.1. The molecule has 2 amide bonds. The number of rotatable bonds is 2. The van der Waals surface area contributed by atoms with Crippen LogP contribution in [-0.2, 0) is 13.0 Å². The molecule has 0 spiro atoms. The third kappa shape index (κ3) is 3.94. The second-order valence-electron chi connectivity index (χ2n) is 8.62. The SMILES string of the molecule is Cc1c(C(=O)N2CCN(C(=O)c3ccc(F)cc3)CC2)sc2nc3n(c(=O)c12)CCCCC3. The zero-order valence-electron chi connectivity index (χ0n) is 18.5. The lowest BCUT2D eigenvalue weighted by molar-refractivity contribution is 0.0537. The molecule has 1 fully saturated rings. The van der Waals surface area contributed by atoms with Crippen LogP contribution in [0.1, 0.15) is 50.7 Å². The number of aromatic nitrogens is 2. The Morgan fingerprint density at radius 2 is 1.61 bits per heavy atom. The minimum atomic E-state index is -0.383. The molecule has 0 atom stereocenters. The van der Waals surface area contributed by atoms with Crippen LogP contribution in [0.5, 0.6) is 0 Å². The van der Waals surface area contributed by atoms with Gasteiger partial charge in [0.25, 0.3) is 17.4 Å². The van der Waals surface area contributed by atoms with Crippen LogP contribution in [0.4, 0.5) is 4.39 Å². The molecule has 33 heavy (non-hydrogen) atoms. The van der Waals surface area contributed by atoms with Gasteiger partial charge in [0.05, 0.1) is 10.3 Å². The van der Waals surface area contributed by atoms with Gasteiger partial charge in [-0.1, -0.05) is 6.42 Å². The second-order valence-corrected chi connectivity index (χ2v) is 9.62. The van der Waals surface area contributed by atoms with E-state index in [1.165, 1.54) is 35.6 Å². The number of nitrogens with zero attached hydrogens (tertiary/aromatic N) is 4. The molecule has 5 rings (SSSR count). The second kappa shape index (κ2) is 8.70. The van der Waals surface area contributed by atoms with E-state index in [1.54, 1.807) is 14.4 Å². The maximum Gasteiger partial charge on any atom is 0.264 e. The number of halogens is 1. The lowest BCUT2D eigenvalue weighted by atomic mass is 10.1. The Labute approximate surface area is 194 Å². The van der Waals surface area contributed by atoms with Gasteiger partial charge in [-0.2, -0.15) is 0 Å². The third-order valence-corrected chi connectivity index (χ3v) is 7.72. The predicted octanol–water partition coefficient (Wildman–Crippen LogP) is 3.23. The summed E-state index contributed by atoms with van der Waals surface area (Å²) in [7, 11) is 0. The molecule has 1 saturated heterocycles. The molecule has 2 aliphatic heterocycles. The van der Waals surface area contributed by atoms with E-state index in [9.17, 15) is 18.8 Å². The summed E-state index contributed by atoms with van der Waals surface area (Å²) in [6.45, 7) is 4.12. The van der Waals surface area contributed by atoms with E-state index in [4.69, 9.17) is 4.98 Å². The van der Waals surface area contributed by atoms with Crippen LogP contribution < -0.4 is 5.56 Å². The molecule has 3 aromatic rings. The number of thiophene rings is 1. The van der Waals surface area contributed by atoms with Crippen molar-refractivity contribution in [3.8, 4) is 0 Å². The molecule has 2 aromatic heterocycles. The average molecular weight is 469 g/mol. The molecule has 0 aliphatic carbocycles. The van der Waals surface area contributed by atoms with Gasteiger partial charge in [0.1, 0.15) is 16.5 Å². The van der Waals surface area contributed by atoms with Gasteiger partial charge in [0.2, 0.25) is 0 Å². The van der Waals surface area contributed by atoms with E-state index in [-0.39, 0.29) is 23.2 Å². The zero-order valence-corrected chi connectivity index (χ0v) is 19.3. The van der Waals surface area contributed by atoms with Gasteiger partial charge in [0, 0.05) is 44.7 Å². The van der Waals surface area contributed by atoms with Crippen molar-refractivity contribution in [2.45, 2.75) is 39.2 Å². The first kappa shape index (κ1) is 21.8. The number of carbonyl (C=O) groups is 2. The number of hydrogen-bond acceptors (Lipinski definition) is 5. The Morgan fingerprint density at radius 3 is 2.30 bits per heavy atom. The highest BCUT2D eigenvalue weighted by atomic mass is 32.1. The molecule has 0 unspecified atom stereocenters. The maximum absolute atomic E-state index is 13.3. The fourth-order valence-corrected chi connectivity index (χ4v) is 5.80. The Balaban J connectivity index is 1.35. The van der Waals surface area contributed by atoms with Crippen LogP contribution >= 0.6 is 11.3 Å². The van der Waals surface area contributed by atoms with Gasteiger partial charge in [-0.3, -0.25) is 19.0 Å². The summed E-state index contributed by atoms with van der Waals surface area (Å²) in [5.74, 6) is 0.146. The number of carbonyl (C=O) groups excluding carboxylic acids is 2. The van der Waals surface area contributed by atoms with Crippen molar-refractivity contribution >= 4 is 33.4 Å². The van der Waals surface area contributed by atoms with Crippen molar-refractivity contribution in [2.24, 2.45) is 0 Å². The Hall–Kier alpha value is -3.07. The van der Waals surface area contributed by atoms with Crippen molar-refractivity contribution < 1.29 is 14.0 Å². The highest BCUT2D eigenvalue weighted by Gasteiger charge is 2.29. The molecular weight excluding hydrogens is 443 g/mol. The van der Waals surface area contributed by atoms with Gasteiger partial charge in [-0.25, -0.2) is 9.37 Å². The molecule has 172 valence electrons.